The molecule has 3 aliphatic rings. The highest BCUT2D eigenvalue weighted by Gasteiger charge is 2.54. The van der Waals surface area contributed by atoms with Crippen molar-refractivity contribution in [3.8, 4) is 0 Å². The molecule has 15 heavy (non-hydrogen) atoms. The Labute approximate surface area is 90.7 Å². The topological polar surface area (TPSA) is 26.3 Å². The van der Waals surface area contributed by atoms with Crippen LogP contribution >= 0.6 is 0 Å². The molecule has 0 heterocycles. The molecule has 3 saturated carbocycles. The van der Waals surface area contributed by atoms with E-state index in [2.05, 4.69) is 6.58 Å². The Kier molecular flexibility index (Phi) is 2.11. The maximum Gasteiger partial charge on any atom is 0.330 e. The van der Waals surface area contributed by atoms with E-state index in [1.165, 1.54) is 31.8 Å². The Hall–Kier alpha value is -0.790. The lowest BCUT2D eigenvalue weighted by molar-refractivity contribution is -0.146. The monoisotopic (exact) mass is 206 g/mol. The fourth-order valence-corrected chi connectivity index (χ4v) is 4.34. The second-order valence-electron chi connectivity index (χ2n) is 5.33. The minimum atomic E-state index is -0.234. The summed E-state index contributed by atoms with van der Waals surface area (Å²) in [5.41, 5.74) is 0. The first-order valence-electron chi connectivity index (χ1n) is 6.12. The normalized spacial score (nSPS) is 46.5. The van der Waals surface area contributed by atoms with Crippen LogP contribution < -0.4 is 0 Å². The predicted molar refractivity (Wildman–Crippen MR) is 57.1 cm³/mol. The van der Waals surface area contributed by atoms with Crippen molar-refractivity contribution in [2.24, 2.45) is 23.7 Å². The van der Waals surface area contributed by atoms with Crippen molar-refractivity contribution in [2.75, 3.05) is 0 Å². The van der Waals surface area contributed by atoms with Gasteiger partial charge in [-0.05, 0) is 49.4 Å². The Morgan fingerprint density at radius 3 is 2.80 bits per heavy atom. The number of hydrogen-bond acceptors (Lipinski definition) is 2. The van der Waals surface area contributed by atoms with Crippen molar-refractivity contribution in [1.82, 2.24) is 0 Å². The van der Waals surface area contributed by atoms with Gasteiger partial charge in [-0.15, -0.1) is 0 Å². The molecule has 0 aliphatic heterocycles. The average Bonchev–Trinajstić information content (AvgIpc) is 2.87. The maximum absolute atomic E-state index is 11.2. The van der Waals surface area contributed by atoms with Gasteiger partial charge in [-0.3, -0.25) is 0 Å². The van der Waals surface area contributed by atoms with Crippen molar-refractivity contribution < 1.29 is 9.53 Å². The lowest BCUT2D eigenvalue weighted by Gasteiger charge is -2.30. The lowest BCUT2D eigenvalue weighted by Crippen LogP contribution is -2.31. The first-order valence-corrected chi connectivity index (χ1v) is 6.12. The molecule has 3 aliphatic carbocycles. The average molecular weight is 206 g/mol. The summed E-state index contributed by atoms with van der Waals surface area (Å²) in [6, 6.07) is 0. The molecular weight excluding hydrogens is 188 g/mol. The van der Waals surface area contributed by atoms with Gasteiger partial charge in [0.05, 0.1) is 0 Å². The summed E-state index contributed by atoms with van der Waals surface area (Å²) in [5, 5.41) is 0. The van der Waals surface area contributed by atoms with Crippen LogP contribution in [0, 0.1) is 23.7 Å². The lowest BCUT2D eigenvalue weighted by atomic mass is 9.80. The van der Waals surface area contributed by atoms with Crippen LogP contribution in [-0.4, -0.2) is 12.1 Å². The Balaban J connectivity index is 1.70. The van der Waals surface area contributed by atoms with Gasteiger partial charge in [-0.1, -0.05) is 13.0 Å². The van der Waals surface area contributed by atoms with Gasteiger partial charge < -0.3 is 4.74 Å². The van der Waals surface area contributed by atoms with Crippen LogP contribution in [0.2, 0.25) is 0 Å². The molecule has 0 saturated heterocycles. The Morgan fingerprint density at radius 1 is 1.20 bits per heavy atom. The number of carbonyl (C=O) groups excluding carboxylic acids is 1. The molecule has 2 bridgehead atoms. The number of carbonyl (C=O) groups is 1. The van der Waals surface area contributed by atoms with E-state index in [9.17, 15) is 4.79 Å². The summed E-state index contributed by atoms with van der Waals surface area (Å²) in [7, 11) is 0. The molecule has 0 radical (unpaired) electrons. The fraction of sp³-hybridized carbons (Fsp3) is 0.769. The van der Waals surface area contributed by atoms with E-state index in [0.29, 0.717) is 5.92 Å². The maximum atomic E-state index is 11.2. The molecule has 0 amide bonds. The van der Waals surface area contributed by atoms with Gasteiger partial charge in [0.1, 0.15) is 6.10 Å². The molecule has 5 atom stereocenters. The third-order valence-corrected chi connectivity index (χ3v) is 4.80. The van der Waals surface area contributed by atoms with Crippen LogP contribution in [0.25, 0.3) is 0 Å². The molecule has 0 aromatic carbocycles. The SMILES string of the molecule is C=CC(=O)O[C@@H]1C[C@H]2C[C@H]1[C@@H]1CCC[C@@H]21. The molecule has 2 nitrogen and oxygen atoms in total. The van der Waals surface area contributed by atoms with Crippen LogP contribution in [-0.2, 0) is 9.53 Å². The number of esters is 1. The van der Waals surface area contributed by atoms with Gasteiger partial charge in [-0.25, -0.2) is 4.79 Å². The standard InChI is InChI=1S/C13H18O2/c1-2-13(14)15-12-7-8-6-11(12)10-5-3-4-9(8)10/h2,8-12H,1,3-7H2/t8-,9+,10-,11+,12-/m1/s1. The van der Waals surface area contributed by atoms with Gasteiger partial charge >= 0.3 is 5.97 Å². The van der Waals surface area contributed by atoms with Crippen LogP contribution in [0.3, 0.4) is 0 Å². The van der Waals surface area contributed by atoms with E-state index in [1.807, 2.05) is 0 Å². The quantitative estimate of drug-likeness (QED) is 0.512. The van der Waals surface area contributed by atoms with Gasteiger partial charge in [0.15, 0.2) is 0 Å². The Bertz CT molecular complexity index is 297. The van der Waals surface area contributed by atoms with Gasteiger partial charge in [0.25, 0.3) is 0 Å². The zero-order valence-corrected chi connectivity index (χ0v) is 9.02. The second-order valence-corrected chi connectivity index (χ2v) is 5.33. The van der Waals surface area contributed by atoms with Gasteiger partial charge in [-0.2, -0.15) is 0 Å². The van der Waals surface area contributed by atoms with E-state index in [1.54, 1.807) is 0 Å². The van der Waals surface area contributed by atoms with Crippen molar-refractivity contribution in [3.63, 3.8) is 0 Å². The second kappa shape index (κ2) is 3.36. The summed E-state index contributed by atoms with van der Waals surface area (Å²) >= 11 is 0. The molecule has 0 aromatic rings. The molecule has 0 unspecified atom stereocenters. The summed E-state index contributed by atoms with van der Waals surface area (Å²) in [6.07, 6.45) is 8.11. The number of rotatable bonds is 2. The van der Waals surface area contributed by atoms with Crippen LogP contribution in [0.15, 0.2) is 12.7 Å². The van der Waals surface area contributed by atoms with Gasteiger partial charge in [0, 0.05) is 6.08 Å². The highest BCUT2D eigenvalue weighted by molar-refractivity contribution is 5.81. The number of fused-ring (bicyclic) bond motifs is 5. The molecule has 3 fully saturated rings. The van der Waals surface area contributed by atoms with Crippen molar-refractivity contribution in [1.29, 1.82) is 0 Å². The predicted octanol–water partition coefficient (Wildman–Crippen LogP) is 2.54. The minimum absolute atomic E-state index is 0.208. The molecule has 82 valence electrons. The van der Waals surface area contributed by atoms with Crippen LogP contribution in [0.1, 0.15) is 32.1 Å². The first kappa shape index (κ1) is 9.44. The highest BCUT2D eigenvalue weighted by Crippen LogP contribution is 2.59. The fourth-order valence-electron chi connectivity index (χ4n) is 4.34. The van der Waals surface area contributed by atoms with E-state index >= 15 is 0 Å². The van der Waals surface area contributed by atoms with Crippen molar-refractivity contribution >= 4 is 5.97 Å². The van der Waals surface area contributed by atoms with E-state index < -0.39 is 0 Å². The summed E-state index contributed by atoms with van der Waals surface area (Å²) < 4.78 is 5.45. The largest absolute Gasteiger partial charge is 0.459 e. The van der Waals surface area contributed by atoms with E-state index in [4.69, 9.17) is 4.74 Å². The number of hydrogen-bond donors (Lipinski definition) is 0. The molecular formula is C13H18O2. The summed E-state index contributed by atoms with van der Waals surface area (Å²) in [6.45, 7) is 3.46. The zero-order chi connectivity index (χ0) is 10.4. The van der Waals surface area contributed by atoms with Gasteiger partial charge in [0.2, 0.25) is 0 Å². The summed E-state index contributed by atoms with van der Waals surface area (Å²) in [4.78, 5) is 11.2. The smallest absolute Gasteiger partial charge is 0.330 e. The molecule has 0 aromatic heterocycles. The minimum Gasteiger partial charge on any atom is -0.459 e. The number of ether oxygens (including phenoxy) is 1. The van der Waals surface area contributed by atoms with Crippen LogP contribution in [0.5, 0.6) is 0 Å². The third-order valence-electron chi connectivity index (χ3n) is 4.80. The molecule has 0 spiro atoms. The molecule has 2 heteroatoms. The first-order chi connectivity index (χ1) is 7.29. The van der Waals surface area contributed by atoms with Crippen molar-refractivity contribution in [2.45, 2.75) is 38.2 Å². The third kappa shape index (κ3) is 1.34. The molecule has 3 rings (SSSR count). The van der Waals surface area contributed by atoms with Crippen LogP contribution in [0.4, 0.5) is 0 Å². The zero-order valence-electron chi connectivity index (χ0n) is 9.02. The Morgan fingerprint density at radius 2 is 2.00 bits per heavy atom. The summed E-state index contributed by atoms with van der Waals surface area (Å²) in [5.74, 6) is 3.12. The molecule has 0 N–H and O–H groups in total. The van der Waals surface area contributed by atoms with E-state index in [-0.39, 0.29) is 12.1 Å². The van der Waals surface area contributed by atoms with Crippen molar-refractivity contribution in [3.05, 3.63) is 12.7 Å². The van der Waals surface area contributed by atoms with E-state index in [0.717, 1.165) is 24.2 Å². The highest BCUT2D eigenvalue weighted by atomic mass is 16.5.